The highest BCUT2D eigenvalue weighted by molar-refractivity contribution is 5.97. The van der Waals surface area contributed by atoms with Crippen molar-refractivity contribution in [2.45, 2.75) is 6.54 Å². The van der Waals surface area contributed by atoms with E-state index in [4.69, 9.17) is 4.74 Å². The van der Waals surface area contributed by atoms with Gasteiger partial charge in [-0.3, -0.25) is 14.7 Å². The Bertz CT molecular complexity index is 967. The third kappa shape index (κ3) is 4.30. The fourth-order valence-corrected chi connectivity index (χ4v) is 3.80. The van der Waals surface area contributed by atoms with E-state index in [0.717, 1.165) is 25.2 Å². The first-order chi connectivity index (χ1) is 14.3. The molecule has 0 bridgehead atoms. The van der Waals surface area contributed by atoms with E-state index >= 15 is 0 Å². The molecule has 2 heterocycles. The maximum absolute atomic E-state index is 12.9. The molecular weight excluding hydrogens is 362 g/mol. The third-order valence-electron chi connectivity index (χ3n) is 5.38. The highest BCUT2D eigenvalue weighted by atomic mass is 16.5. The van der Waals surface area contributed by atoms with E-state index in [1.54, 1.807) is 13.3 Å². The predicted molar refractivity (Wildman–Crippen MR) is 114 cm³/mol. The summed E-state index contributed by atoms with van der Waals surface area (Å²) in [5.41, 5.74) is 4.26. The van der Waals surface area contributed by atoms with Crippen LogP contribution in [0.3, 0.4) is 0 Å². The summed E-state index contributed by atoms with van der Waals surface area (Å²) in [6.45, 7) is 3.99. The molecule has 1 aromatic heterocycles. The Morgan fingerprint density at radius 3 is 2.48 bits per heavy atom. The van der Waals surface area contributed by atoms with Crippen LogP contribution in [0.1, 0.15) is 15.9 Å². The average Bonchev–Trinajstić information content (AvgIpc) is 2.80. The van der Waals surface area contributed by atoms with E-state index < -0.39 is 0 Å². The number of benzene rings is 2. The summed E-state index contributed by atoms with van der Waals surface area (Å²) in [5, 5.41) is 0. The standard InChI is InChI=1S/C24H25N3O2/c1-29-23-11-5-4-10-22(23)24(28)27-15-13-26(14-16-27)18-20-7-2-3-9-21(20)19-8-6-12-25-17-19/h2-12,17H,13-16,18H2,1H3. The molecule has 1 fully saturated rings. The topological polar surface area (TPSA) is 45.7 Å². The van der Waals surface area contributed by atoms with Crippen LogP contribution in [0.25, 0.3) is 11.1 Å². The maximum Gasteiger partial charge on any atom is 0.257 e. The van der Waals surface area contributed by atoms with Gasteiger partial charge in [-0.15, -0.1) is 0 Å². The third-order valence-corrected chi connectivity index (χ3v) is 5.38. The number of hydrogen-bond acceptors (Lipinski definition) is 4. The number of aromatic nitrogens is 1. The van der Waals surface area contributed by atoms with Crippen molar-refractivity contribution in [2.24, 2.45) is 0 Å². The lowest BCUT2D eigenvalue weighted by atomic mass is 10.0. The molecule has 3 aromatic rings. The summed E-state index contributed by atoms with van der Waals surface area (Å²) in [6, 6.07) is 19.9. The number of para-hydroxylation sites is 1. The Balaban J connectivity index is 1.42. The second-order valence-electron chi connectivity index (χ2n) is 7.17. The average molecular weight is 387 g/mol. The lowest BCUT2D eigenvalue weighted by Gasteiger charge is -2.35. The number of carbonyl (C=O) groups excluding carboxylic acids is 1. The van der Waals surface area contributed by atoms with Crippen LogP contribution in [0.2, 0.25) is 0 Å². The fraction of sp³-hybridized carbons (Fsp3) is 0.250. The normalized spacial score (nSPS) is 14.6. The van der Waals surface area contributed by atoms with Crippen molar-refractivity contribution in [2.75, 3.05) is 33.3 Å². The molecule has 2 aromatic carbocycles. The smallest absolute Gasteiger partial charge is 0.257 e. The van der Waals surface area contributed by atoms with Crippen LogP contribution in [0.4, 0.5) is 0 Å². The summed E-state index contributed by atoms with van der Waals surface area (Å²) < 4.78 is 5.35. The van der Waals surface area contributed by atoms with Gasteiger partial charge in [0.25, 0.3) is 5.91 Å². The van der Waals surface area contributed by atoms with E-state index in [1.165, 1.54) is 11.1 Å². The minimum atomic E-state index is 0.0397. The van der Waals surface area contributed by atoms with Crippen LogP contribution < -0.4 is 4.74 Å². The van der Waals surface area contributed by atoms with Crippen LogP contribution in [-0.4, -0.2) is 54.0 Å². The van der Waals surface area contributed by atoms with Gasteiger partial charge in [-0.25, -0.2) is 0 Å². The molecule has 0 radical (unpaired) electrons. The predicted octanol–water partition coefficient (Wildman–Crippen LogP) is 3.72. The van der Waals surface area contributed by atoms with Crippen molar-refractivity contribution in [3.8, 4) is 16.9 Å². The van der Waals surface area contributed by atoms with Gasteiger partial charge in [-0.2, -0.15) is 0 Å². The number of methoxy groups -OCH3 is 1. The van der Waals surface area contributed by atoms with Gasteiger partial charge in [0.15, 0.2) is 0 Å². The number of rotatable bonds is 5. The molecule has 4 rings (SSSR count). The van der Waals surface area contributed by atoms with Crippen LogP contribution in [0.15, 0.2) is 73.1 Å². The molecule has 0 spiro atoms. The van der Waals surface area contributed by atoms with Crippen LogP contribution >= 0.6 is 0 Å². The Morgan fingerprint density at radius 2 is 1.72 bits per heavy atom. The molecule has 0 unspecified atom stereocenters. The van der Waals surface area contributed by atoms with Crippen LogP contribution in [0, 0.1) is 0 Å². The number of carbonyl (C=O) groups is 1. The maximum atomic E-state index is 12.9. The first kappa shape index (κ1) is 19.2. The SMILES string of the molecule is COc1ccccc1C(=O)N1CCN(Cc2ccccc2-c2cccnc2)CC1. The van der Waals surface area contributed by atoms with Gasteiger partial charge in [0, 0.05) is 50.7 Å². The summed E-state index contributed by atoms with van der Waals surface area (Å²) >= 11 is 0. The zero-order chi connectivity index (χ0) is 20.1. The highest BCUT2D eigenvalue weighted by Crippen LogP contribution is 2.25. The largest absolute Gasteiger partial charge is 0.496 e. The Kier molecular flexibility index (Phi) is 5.86. The van der Waals surface area contributed by atoms with Crippen molar-refractivity contribution >= 4 is 5.91 Å². The number of amides is 1. The minimum Gasteiger partial charge on any atom is -0.496 e. The molecule has 0 N–H and O–H groups in total. The minimum absolute atomic E-state index is 0.0397. The zero-order valence-corrected chi connectivity index (χ0v) is 16.6. The van der Waals surface area contributed by atoms with Gasteiger partial charge < -0.3 is 9.64 Å². The number of ether oxygens (including phenoxy) is 1. The summed E-state index contributed by atoms with van der Waals surface area (Å²) in [7, 11) is 1.60. The van der Waals surface area contributed by atoms with Crippen molar-refractivity contribution in [1.29, 1.82) is 0 Å². The molecule has 1 amide bonds. The zero-order valence-electron chi connectivity index (χ0n) is 16.6. The fourth-order valence-electron chi connectivity index (χ4n) is 3.80. The lowest BCUT2D eigenvalue weighted by Crippen LogP contribution is -2.48. The molecule has 29 heavy (non-hydrogen) atoms. The number of pyridine rings is 1. The highest BCUT2D eigenvalue weighted by Gasteiger charge is 2.24. The van der Waals surface area contributed by atoms with Crippen molar-refractivity contribution in [3.63, 3.8) is 0 Å². The molecular formula is C24H25N3O2. The summed E-state index contributed by atoms with van der Waals surface area (Å²) in [6.07, 6.45) is 3.70. The summed E-state index contributed by atoms with van der Waals surface area (Å²) in [5.74, 6) is 0.670. The molecule has 0 saturated carbocycles. The molecule has 148 valence electrons. The molecule has 1 saturated heterocycles. The van der Waals surface area contributed by atoms with Gasteiger partial charge in [0.2, 0.25) is 0 Å². The van der Waals surface area contributed by atoms with Gasteiger partial charge >= 0.3 is 0 Å². The molecule has 1 aliphatic rings. The quantitative estimate of drug-likeness (QED) is 0.669. The van der Waals surface area contributed by atoms with Crippen LogP contribution in [-0.2, 0) is 6.54 Å². The lowest BCUT2D eigenvalue weighted by molar-refractivity contribution is 0.0625. The molecule has 1 aliphatic heterocycles. The van der Waals surface area contributed by atoms with Crippen molar-refractivity contribution in [1.82, 2.24) is 14.8 Å². The van der Waals surface area contributed by atoms with Gasteiger partial charge in [0.05, 0.1) is 12.7 Å². The first-order valence-electron chi connectivity index (χ1n) is 9.89. The summed E-state index contributed by atoms with van der Waals surface area (Å²) in [4.78, 5) is 21.5. The van der Waals surface area contributed by atoms with Crippen molar-refractivity contribution < 1.29 is 9.53 Å². The second kappa shape index (κ2) is 8.88. The van der Waals surface area contributed by atoms with E-state index in [0.29, 0.717) is 24.4 Å². The van der Waals surface area contributed by atoms with Gasteiger partial charge in [0.1, 0.15) is 5.75 Å². The molecule has 0 aliphatic carbocycles. The van der Waals surface area contributed by atoms with E-state index in [-0.39, 0.29) is 5.91 Å². The Morgan fingerprint density at radius 1 is 0.966 bits per heavy atom. The first-order valence-corrected chi connectivity index (χ1v) is 9.89. The Hall–Kier alpha value is -3.18. The number of piperazine rings is 1. The van der Waals surface area contributed by atoms with E-state index in [9.17, 15) is 4.79 Å². The molecule has 0 atom stereocenters. The van der Waals surface area contributed by atoms with Crippen molar-refractivity contribution in [3.05, 3.63) is 84.2 Å². The van der Waals surface area contributed by atoms with E-state index in [2.05, 4.69) is 40.2 Å². The van der Waals surface area contributed by atoms with Gasteiger partial charge in [-0.1, -0.05) is 42.5 Å². The number of hydrogen-bond donors (Lipinski definition) is 0. The van der Waals surface area contributed by atoms with E-state index in [1.807, 2.05) is 41.4 Å². The second-order valence-corrected chi connectivity index (χ2v) is 7.17. The molecule has 5 nitrogen and oxygen atoms in total. The van der Waals surface area contributed by atoms with Crippen LogP contribution in [0.5, 0.6) is 5.75 Å². The number of nitrogens with zero attached hydrogens (tertiary/aromatic N) is 3. The van der Waals surface area contributed by atoms with Gasteiger partial charge in [-0.05, 0) is 29.3 Å². The monoisotopic (exact) mass is 387 g/mol. The molecule has 5 heteroatoms. The Labute approximate surface area is 171 Å².